The molecule has 0 unspecified atom stereocenters. The Morgan fingerprint density at radius 3 is 2.65 bits per heavy atom. The first kappa shape index (κ1) is 17.1. The zero-order chi connectivity index (χ0) is 16.7. The zero-order valence-electron chi connectivity index (χ0n) is 13.3. The number of aryl methyl sites for hydroxylation is 1. The lowest BCUT2D eigenvalue weighted by Gasteiger charge is -2.10. The fourth-order valence-corrected chi connectivity index (χ4v) is 2.67. The highest BCUT2D eigenvalue weighted by molar-refractivity contribution is 7.09. The summed E-state index contributed by atoms with van der Waals surface area (Å²) in [5.74, 6) is 0.651. The van der Waals surface area contributed by atoms with Crippen molar-refractivity contribution in [2.75, 3.05) is 10.6 Å². The van der Waals surface area contributed by atoms with Crippen molar-refractivity contribution in [3.8, 4) is 0 Å². The number of aromatic nitrogens is 2. The van der Waals surface area contributed by atoms with Gasteiger partial charge in [0.1, 0.15) is 5.82 Å². The molecule has 0 saturated carbocycles. The van der Waals surface area contributed by atoms with Gasteiger partial charge in [-0.3, -0.25) is 10.1 Å². The van der Waals surface area contributed by atoms with Crippen LogP contribution in [0.3, 0.4) is 0 Å². The van der Waals surface area contributed by atoms with Gasteiger partial charge >= 0.3 is 6.03 Å². The topological polar surface area (TPSA) is 84.0 Å². The van der Waals surface area contributed by atoms with E-state index < -0.39 is 6.03 Å². The van der Waals surface area contributed by atoms with Gasteiger partial charge < -0.3 is 5.32 Å². The van der Waals surface area contributed by atoms with Crippen molar-refractivity contribution in [3.63, 3.8) is 0 Å². The van der Waals surface area contributed by atoms with Crippen molar-refractivity contribution >= 4 is 34.2 Å². The third-order valence-electron chi connectivity index (χ3n) is 3.23. The summed E-state index contributed by atoms with van der Waals surface area (Å²) in [6.45, 7) is 3.85. The maximum atomic E-state index is 12.3. The molecule has 2 rings (SSSR count). The second-order valence-corrected chi connectivity index (χ2v) is 5.90. The van der Waals surface area contributed by atoms with Gasteiger partial charge in [-0.15, -0.1) is 0 Å². The number of carbonyl (C=O) groups excluding carboxylic acids is 2. The number of hydrogen-bond acceptors (Lipinski definition) is 5. The first-order valence-corrected chi connectivity index (χ1v) is 8.38. The predicted octanol–water partition coefficient (Wildman–Crippen LogP) is 4.25. The van der Waals surface area contributed by atoms with Gasteiger partial charge in [0.05, 0.1) is 5.69 Å². The molecule has 0 atom stereocenters. The number of unbranched alkanes of at least 4 members (excludes halogenated alkanes) is 2. The Morgan fingerprint density at radius 2 is 1.96 bits per heavy atom. The minimum Gasteiger partial charge on any atom is -0.307 e. The molecule has 6 nitrogen and oxygen atoms in total. The van der Waals surface area contributed by atoms with Crippen LogP contribution >= 0.6 is 11.5 Å². The van der Waals surface area contributed by atoms with Crippen molar-refractivity contribution in [1.82, 2.24) is 9.36 Å². The minimum absolute atomic E-state index is 0.0427. The molecule has 2 N–H and O–H groups in total. The lowest BCUT2D eigenvalue weighted by molar-refractivity contribution is 0.0980. The number of anilines is 2. The Kier molecular flexibility index (Phi) is 6.22. The van der Waals surface area contributed by atoms with Crippen molar-refractivity contribution in [2.45, 2.75) is 39.5 Å². The van der Waals surface area contributed by atoms with Gasteiger partial charge in [-0.05, 0) is 25.5 Å². The summed E-state index contributed by atoms with van der Waals surface area (Å²) in [5.41, 5.74) is 1.04. The summed E-state index contributed by atoms with van der Waals surface area (Å²) in [6.07, 6.45) is 3.44. The van der Waals surface area contributed by atoms with Crippen molar-refractivity contribution in [2.24, 2.45) is 0 Å². The van der Waals surface area contributed by atoms with Gasteiger partial charge in [0.2, 0.25) is 5.13 Å². The molecule has 122 valence electrons. The number of carbonyl (C=O) groups is 2. The average molecular weight is 332 g/mol. The van der Waals surface area contributed by atoms with E-state index in [1.54, 1.807) is 31.2 Å². The standard InChI is InChI=1S/C16H20N4O2S/c1-3-4-5-10-14(21)12-8-6-7-9-13(12)18-15(22)19-16-17-11(2)20-23-16/h6-9H,3-5,10H2,1-2H3,(H2,17,18,19,20,22). The van der Waals surface area contributed by atoms with Crippen LogP contribution in [0.4, 0.5) is 15.6 Å². The van der Waals surface area contributed by atoms with Crippen LogP contribution in [0.5, 0.6) is 0 Å². The molecule has 0 aliphatic heterocycles. The summed E-state index contributed by atoms with van der Waals surface area (Å²) in [7, 11) is 0. The molecule has 0 saturated heterocycles. The summed E-state index contributed by atoms with van der Waals surface area (Å²) in [5, 5.41) is 5.74. The number of urea groups is 1. The lowest BCUT2D eigenvalue weighted by Crippen LogP contribution is -2.21. The van der Waals surface area contributed by atoms with Crippen LogP contribution in [-0.2, 0) is 0 Å². The number of nitrogens with zero attached hydrogens (tertiary/aromatic N) is 2. The van der Waals surface area contributed by atoms with E-state index in [4.69, 9.17) is 0 Å². The van der Waals surface area contributed by atoms with Crippen LogP contribution < -0.4 is 10.6 Å². The maximum Gasteiger partial charge on any atom is 0.325 e. The Hall–Kier alpha value is -2.28. The van der Waals surface area contributed by atoms with Crippen molar-refractivity contribution in [3.05, 3.63) is 35.7 Å². The quantitative estimate of drug-likeness (QED) is 0.586. The number of hydrogen-bond donors (Lipinski definition) is 2. The Morgan fingerprint density at radius 1 is 1.17 bits per heavy atom. The molecule has 0 aliphatic carbocycles. The van der Waals surface area contributed by atoms with E-state index in [0.29, 0.717) is 28.6 Å². The SMILES string of the molecule is CCCCCC(=O)c1ccccc1NC(=O)Nc1nc(C)ns1. The Balaban J connectivity index is 2.01. The van der Waals surface area contributed by atoms with Gasteiger partial charge in [-0.2, -0.15) is 4.37 Å². The van der Waals surface area contributed by atoms with E-state index in [2.05, 4.69) is 26.9 Å². The summed E-state index contributed by atoms with van der Waals surface area (Å²) < 4.78 is 4.00. The van der Waals surface area contributed by atoms with E-state index >= 15 is 0 Å². The number of rotatable bonds is 7. The van der Waals surface area contributed by atoms with Gasteiger partial charge in [0.15, 0.2) is 5.78 Å². The number of benzene rings is 1. The molecule has 23 heavy (non-hydrogen) atoms. The molecule has 2 aromatic rings. The van der Waals surface area contributed by atoms with E-state index in [-0.39, 0.29) is 5.78 Å². The first-order chi connectivity index (χ1) is 11.1. The van der Waals surface area contributed by atoms with Crippen molar-refractivity contribution in [1.29, 1.82) is 0 Å². The second-order valence-electron chi connectivity index (χ2n) is 5.15. The lowest BCUT2D eigenvalue weighted by atomic mass is 10.0. The van der Waals surface area contributed by atoms with E-state index in [9.17, 15) is 9.59 Å². The maximum absolute atomic E-state index is 12.3. The minimum atomic E-state index is -0.435. The number of nitrogens with one attached hydrogen (secondary N) is 2. The molecule has 0 spiro atoms. The predicted molar refractivity (Wildman–Crippen MR) is 92.2 cm³/mol. The summed E-state index contributed by atoms with van der Waals surface area (Å²) in [4.78, 5) is 28.4. The molecule has 1 aromatic heterocycles. The largest absolute Gasteiger partial charge is 0.325 e. The smallest absolute Gasteiger partial charge is 0.307 e. The molecule has 0 fully saturated rings. The molecular weight excluding hydrogens is 312 g/mol. The normalized spacial score (nSPS) is 10.3. The molecule has 0 aliphatic rings. The van der Waals surface area contributed by atoms with Crippen molar-refractivity contribution < 1.29 is 9.59 Å². The third kappa shape index (κ3) is 5.14. The van der Waals surface area contributed by atoms with Crippen LogP contribution in [0.1, 0.15) is 48.8 Å². The highest BCUT2D eigenvalue weighted by Gasteiger charge is 2.13. The van der Waals surface area contributed by atoms with Crippen LogP contribution in [0.15, 0.2) is 24.3 Å². The molecule has 1 heterocycles. The first-order valence-electron chi connectivity index (χ1n) is 7.60. The van der Waals surface area contributed by atoms with E-state index in [1.165, 1.54) is 0 Å². The number of para-hydroxylation sites is 1. The molecule has 2 amide bonds. The highest BCUT2D eigenvalue weighted by atomic mass is 32.1. The summed E-state index contributed by atoms with van der Waals surface area (Å²) >= 11 is 1.11. The molecule has 1 aromatic carbocycles. The van der Waals surface area contributed by atoms with Gasteiger partial charge in [-0.25, -0.2) is 9.78 Å². The average Bonchev–Trinajstić information content (AvgIpc) is 2.92. The molecule has 0 bridgehead atoms. The molecule has 7 heteroatoms. The van der Waals surface area contributed by atoms with E-state index in [1.807, 2.05) is 0 Å². The second kappa shape index (κ2) is 8.38. The Bertz CT molecular complexity index is 684. The number of ketones is 1. The van der Waals surface area contributed by atoms with Gasteiger partial charge in [0.25, 0.3) is 0 Å². The van der Waals surface area contributed by atoms with Crippen LogP contribution in [0, 0.1) is 6.92 Å². The van der Waals surface area contributed by atoms with Crippen LogP contribution in [0.2, 0.25) is 0 Å². The van der Waals surface area contributed by atoms with Gasteiger partial charge in [0, 0.05) is 23.5 Å². The van der Waals surface area contributed by atoms with E-state index in [0.717, 1.165) is 30.8 Å². The number of Topliss-reactive ketones (excluding diaryl/α,β-unsaturated/α-hetero) is 1. The molecule has 0 radical (unpaired) electrons. The monoisotopic (exact) mass is 332 g/mol. The Labute approximate surface area is 139 Å². The third-order valence-corrected chi connectivity index (χ3v) is 3.95. The highest BCUT2D eigenvalue weighted by Crippen LogP contribution is 2.19. The fourth-order valence-electron chi connectivity index (χ4n) is 2.10. The van der Waals surface area contributed by atoms with Gasteiger partial charge in [-0.1, -0.05) is 31.9 Å². The van der Waals surface area contributed by atoms with Crippen LogP contribution in [-0.4, -0.2) is 21.2 Å². The molecular formula is C16H20N4O2S. The summed E-state index contributed by atoms with van der Waals surface area (Å²) in [6, 6.07) is 6.60. The van der Waals surface area contributed by atoms with Crippen LogP contribution in [0.25, 0.3) is 0 Å². The zero-order valence-corrected chi connectivity index (χ0v) is 14.1. The fraction of sp³-hybridized carbons (Fsp3) is 0.375. The number of amides is 2.